The van der Waals surface area contributed by atoms with E-state index >= 15 is 0 Å². The van der Waals surface area contributed by atoms with E-state index in [4.69, 9.17) is 40.2 Å². The number of ether oxygens (including phenoxy) is 1. The first kappa shape index (κ1) is 17.5. The second-order valence-corrected chi connectivity index (χ2v) is 5.81. The van der Waals surface area contributed by atoms with Crippen LogP contribution in [0.5, 0.6) is 5.75 Å². The van der Waals surface area contributed by atoms with Gasteiger partial charge in [-0.2, -0.15) is 5.10 Å². The SMILES string of the molecule is COc1ccccc1NC(=S)N/N=C(\C)c1ccc(Cl)c(Cl)c1. The van der Waals surface area contributed by atoms with Gasteiger partial charge in [0.2, 0.25) is 0 Å². The maximum atomic E-state index is 6.00. The molecule has 4 nitrogen and oxygen atoms in total. The van der Waals surface area contributed by atoms with Gasteiger partial charge in [-0.25, -0.2) is 0 Å². The number of para-hydroxylation sites is 2. The summed E-state index contributed by atoms with van der Waals surface area (Å²) in [6.07, 6.45) is 0. The highest BCUT2D eigenvalue weighted by Gasteiger charge is 2.05. The summed E-state index contributed by atoms with van der Waals surface area (Å²) in [6, 6.07) is 12.8. The molecule has 0 unspecified atom stereocenters. The summed E-state index contributed by atoms with van der Waals surface area (Å²) in [5.41, 5.74) is 5.13. The van der Waals surface area contributed by atoms with Crippen molar-refractivity contribution in [1.82, 2.24) is 5.43 Å². The number of anilines is 1. The molecule has 0 bridgehead atoms. The number of methoxy groups -OCH3 is 1. The second-order valence-electron chi connectivity index (χ2n) is 4.59. The maximum absolute atomic E-state index is 6.00. The third-order valence-corrected chi connectivity index (χ3v) is 3.95. The number of nitrogens with one attached hydrogen (secondary N) is 2. The molecule has 0 aliphatic heterocycles. The monoisotopic (exact) mass is 367 g/mol. The molecule has 0 spiro atoms. The molecule has 23 heavy (non-hydrogen) atoms. The molecule has 0 saturated heterocycles. The van der Waals surface area contributed by atoms with Crippen LogP contribution in [0.1, 0.15) is 12.5 Å². The van der Waals surface area contributed by atoms with Gasteiger partial charge in [0.1, 0.15) is 5.75 Å². The Morgan fingerprint density at radius 3 is 2.57 bits per heavy atom. The molecule has 0 saturated carbocycles. The lowest BCUT2D eigenvalue weighted by Gasteiger charge is -2.11. The fourth-order valence-electron chi connectivity index (χ4n) is 1.82. The fraction of sp³-hybridized carbons (Fsp3) is 0.125. The number of thiocarbonyl (C=S) groups is 1. The third kappa shape index (κ3) is 4.82. The molecule has 2 aromatic carbocycles. The first-order chi connectivity index (χ1) is 11.0. The van der Waals surface area contributed by atoms with Crippen LogP contribution in [0.2, 0.25) is 10.0 Å². The molecule has 0 atom stereocenters. The lowest BCUT2D eigenvalue weighted by atomic mass is 10.1. The van der Waals surface area contributed by atoms with Gasteiger partial charge in [0.05, 0.1) is 28.6 Å². The van der Waals surface area contributed by atoms with Crippen molar-refractivity contribution in [1.29, 1.82) is 0 Å². The number of nitrogens with zero attached hydrogens (tertiary/aromatic N) is 1. The Morgan fingerprint density at radius 1 is 1.13 bits per heavy atom. The van der Waals surface area contributed by atoms with Gasteiger partial charge in [-0.1, -0.05) is 41.4 Å². The number of hydrogen-bond acceptors (Lipinski definition) is 3. The van der Waals surface area contributed by atoms with Crippen LogP contribution in [0.25, 0.3) is 0 Å². The van der Waals surface area contributed by atoms with Crippen LogP contribution in [0.4, 0.5) is 5.69 Å². The molecule has 0 radical (unpaired) electrons. The Morgan fingerprint density at radius 2 is 1.87 bits per heavy atom. The van der Waals surface area contributed by atoms with Crippen LogP contribution in [-0.4, -0.2) is 17.9 Å². The smallest absolute Gasteiger partial charge is 0.191 e. The highest BCUT2D eigenvalue weighted by molar-refractivity contribution is 7.80. The summed E-state index contributed by atoms with van der Waals surface area (Å²) in [6.45, 7) is 1.85. The second kappa shape index (κ2) is 8.15. The van der Waals surface area contributed by atoms with Crippen LogP contribution < -0.4 is 15.5 Å². The van der Waals surface area contributed by atoms with E-state index in [1.54, 1.807) is 19.2 Å². The zero-order valence-corrected chi connectivity index (χ0v) is 14.9. The van der Waals surface area contributed by atoms with Crippen LogP contribution in [0.15, 0.2) is 47.6 Å². The van der Waals surface area contributed by atoms with Crippen LogP contribution in [-0.2, 0) is 0 Å². The highest BCUT2D eigenvalue weighted by Crippen LogP contribution is 2.23. The minimum absolute atomic E-state index is 0.355. The maximum Gasteiger partial charge on any atom is 0.191 e. The van der Waals surface area contributed by atoms with Crippen molar-refractivity contribution in [2.45, 2.75) is 6.92 Å². The summed E-state index contributed by atoms with van der Waals surface area (Å²) in [5, 5.41) is 8.61. The predicted octanol–water partition coefficient (Wildman–Crippen LogP) is 4.71. The van der Waals surface area contributed by atoms with E-state index < -0.39 is 0 Å². The van der Waals surface area contributed by atoms with Gasteiger partial charge in [0.25, 0.3) is 0 Å². The average Bonchev–Trinajstić information content (AvgIpc) is 2.55. The van der Waals surface area contributed by atoms with Gasteiger partial charge in [-0.15, -0.1) is 0 Å². The number of benzene rings is 2. The van der Waals surface area contributed by atoms with Crippen molar-refractivity contribution in [3.05, 3.63) is 58.1 Å². The largest absolute Gasteiger partial charge is 0.495 e. The Hall–Kier alpha value is -1.82. The quantitative estimate of drug-likeness (QED) is 0.466. The van der Waals surface area contributed by atoms with E-state index in [0.717, 1.165) is 17.0 Å². The Labute approximate surface area is 150 Å². The van der Waals surface area contributed by atoms with E-state index in [0.29, 0.717) is 20.9 Å². The molecule has 0 aliphatic carbocycles. The van der Waals surface area contributed by atoms with E-state index in [-0.39, 0.29) is 0 Å². The number of hydrazone groups is 1. The lowest BCUT2D eigenvalue weighted by molar-refractivity contribution is 0.417. The standard InChI is InChI=1S/C16H15Cl2N3OS/c1-10(11-7-8-12(17)13(18)9-11)20-21-16(23)19-14-5-3-4-6-15(14)22-2/h3-9H,1-2H3,(H2,19,21,23)/b20-10+. The molecule has 0 fully saturated rings. The van der Waals surface area contributed by atoms with Crippen LogP contribution in [0, 0.1) is 0 Å². The molecule has 0 aromatic heterocycles. The topological polar surface area (TPSA) is 45.6 Å². The molecule has 120 valence electrons. The Bertz CT molecular complexity index is 750. The minimum atomic E-state index is 0.355. The minimum Gasteiger partial charge on any atom is -0.495 e. The predicted molar refractivity (Wildman–Crippen MR) is 101 cm³/mol. The van der Waals surface area contributed by atoms with Crippen molar-refractivity contribution in [3.63, 3.8) is 0 Å². The molecule has 2 N–H and O–H groups in total. The molecule has 7 heteroatoms. The molecular weight excluding hydrogens is 353 g/mol. The molecule has 2 rings (SSSR count). The molecule has 2 aromatic rings. The molecule has 0 amide bonds. The van der Waals surface area contributed by atoms with Crippen molar-refractivity contribution >= 4 is 51.9 Å². The van der Waals surface area contributed by atoms with Crippen molar-refractivity contribution < 1.29 is 4.74 Å². The van der Waals surface area contributed by atoms with E-state index in [2.05, 4.69) is 15.8 Å². The van der Waals surface area contributed by atoms with Crippen LogP contribution >= 0.6 is 35.4 Å². The first-order valence-electron chi connectivity index (χ1n) is 6.71. The van der Waals surface area contributed by atoms with Gasteiger partial charge in [-0.05, 0) is 49.0 Å². The average molecular weight is 368 g/mol. The number of rotatable bonds is 4. The molecule has 0 heterocycles. The normalized spacial score (nSPS) is 11.0. The van der Waals surface area contributed by atoms with Crippen LogP contribution in [0.3, 0.4) is 0 Å². The Kier molecular flexibility index (Phi) is 6.21. The summed E-state index contributed by atoms with van der Waals surface area (Å²) in [7, 11) is 1.60. The zero-order chi connectivity index (χ0) is 16.8. The van der Waals surface area contributed by atoms with Crippen molar-refractivity contribution in [2.24, 2.45) is 5.10 Å². The van der Waals surface area contributed by atoms with Gasteiger partial charge in [0, 0.05) is 0 Å². The Balaban J connectivity index is 2.03. The molecule has 0 aliphatic rings. The summed E-state index contributed by atoms with van der Waals surface area (Å²) < 4.78 is 5.25. The first-order valence-corrected chi connectivity index (χ1v) is 7.87. The van der Waals surface area contributed by atoms with E-state index in [1.807, 2.05) is 37.3 Å². The fourth-order valence-corrected chi connectivity index (χ4v) is 2.27. The van der Waals surface area contributed by atoms with Gasteiger partial charge >= 0.3 is 0 Å². The van der Waals surface area contributed by atoms with Gasteiger partial charge < -0.3 is 10.1 Å². The summed E-state index contributed by atoms with van der Waals surface area (Å²) in [5.74, 6) is 0.696. The highest BCUT2D eigenvalue weighted by atomic mass is 35.5. The number of halogens is 2. The molecular formula is C16H15Cl2N3OS. The zero-order valence-electron chi connectivity index (χ0n) is 12.6. The lowest BCUT2D eigenvalue weighted by Crippen LogP contribution is -2.25. The third-order valence-electron chi connectivity index (χ3n) is 3.02. The van der Waals surface area contributed by atoms with E-state index in [1.165, 1.54) is 0 Å². The summed E-state index contributed by atoms with van der Waals surface area (Å²) >= 11 is 17.1. The van der Waals surface area contributed by atoms with Crippen molar-refractivity contribution in [3.8, 4) is 5.75 Å². The van der Waals surface area contributed by atoms with Crippen molar-refractivity contribution in [2.75, 3.05) is 12.4 Å². The number of hydrogen-bond donors (Lipinski definition) is 2. The van der Waals surface area contributed by atoms with Gasteiger partial charge in [0.15, 0.2) is 5.11 Å². The van der Waals surface area contributed by atoms with Gasteiger partial charge in [-0.3, -0.25) is 5.43 Å². The van der Waals surface area contributed by atoms with E-state index in [9.17, 15) is 0 Å². The summed E-state index contributed by atoms with van der Waals surface area (Å²) in [4.78, 5) is 0.